The van der Waals surface area contributed by atoms with E-state index in [1.54, 1.807) is 0 Å². The summed E-state index contributed by atoms with van der Waals surface area (Å²) < 4.78 is 4.13. The molecule has 5 aromatic rings. The average molecular weight is 532 g/mol. The zero-order valence-electron chi connectivity index (χ0n) is 15.7. The summed E-state index contributed by atoms with van der Waals surface area (Å²) in [6.45, 7) is 8.51. The Morgan fingerprint density at radius 3 is 2.48 bits per heavy atom. The standard InChI is InChI=1S/C22H19N4.Ir/c1-13-10-14(2)20(15(3)11-13)17-6-5-7-18-21(17)25-9-8-23-22(25)19-12-16(4)24-26(18)19;/h5-6,8-12H,1-4H3;/q-1;. The molecular formula is C22H19IrN4-. The molecule has 137 valence electrons. The molecule has 5 heteroatoms. The first kappa shape index (κ1) is 17.9. The third-order valence-corrected chi connectivity index (χ3v) is 5.05. The molecule has 0 aliphatic carbocycles. The first-order chi connectivity index (χ1) is 12.5. The molecule has 3 aromatic heterocycles. The summed E-state index contributed by atoms with van der Waals surface area (Å²) in [5.74, 6) is 0. The van der Waals surface area contributed by atoms with Gasteiger partial charge in [-0.1, -0.05) is 17.7 Å². The zero-order valence-corrected chi connectivity index (χ0v) is 18.1. The fourth-order valence-electron chi connectivity index (χ4n) is 4.19. The predicted molar refractivity (Wildman–Crippen MR) is 105 cm³/mol. The Kier molecular flexibility index (Phi) is 4.17. The van der Waals surface area contributed by atoms with Crippen molar-refractivity contribution < 1.29 is 20.1 Å². The number of rotatable bonds is 1. The largest absolute Gasteiger partial charge is 0.351 e. The van der Waals surface area contributed by atoms with Crippen molar-refractivity contribution in [3.8, 4) is 11.1 Å². The average Bonchev–Trinajstić information content (AvgIpc) is 3.20. The smallest absolute Gasteiger partial charge is 0.152 e. The predicted octanol–water partition coefficient (Wildman–Crippen LogP) is 4.83. The molecule has 0 amide bonds. The minimum atomic E-state index is 0. The quantitative estimate of drug-likeness (QED) is 0.291. The van der Waals surface area contributed by atoms with Crippen LogP contribution >= 0.6 is 0 Å². The summed E-state index contributed by atoms with van der Waals surface area (Å²) in [6.07, 6.45) is 3.87. The fraction of sp³-hybridized carbons (Fsp3) is 0.182. The van der Waals surface area contributed by atoms with E-state index >= 15 is 0 Å². The molecule has 0 spiro atoms. The molecule has 2 aromatic carbocycles. The number of nitrogens with zero attached hydrogens (tertiary/aromatic N) is 4. The maximum atomic E-state index is 4.70. The van der Waals surface area contributed by atoms with Crippen LogP contribution in [-0.2, 0) is 20.1 Å². The Balaban J connectivity index is 0.00000180. The van der Waals surface area contributed by atoms with Crippen LogP contribution in [0, 0.1) is 33.8 Å². The van der Waals surface area contributed by atoms with E-state index in [2.05, 4.69) is 60.5 Å². The van der Waals surface area contributed by atoms with Gasteiger partial charge in [-0.15, -0.1) is 5.56 Å². The molecule has 0 atom stereocenters. The van der Waals surface area contributed by atoms with Crippen molar-refractivity contribution in [3.05, 3.63) is 71.2 Å². The molecule has 5 rings (SSSR count). The monoisotopic (exact) mass is 532 g/mol. The van der Waals surface area contributed by atoms with Crippen LogP contribution < -0.4 is 0 Å². The van der Waals surface area contributed by atoms with Crippen LogP contribution in [0.1, 0.15) is 22.4 Å². The minimum absolute atomic E-state index is 0. The van der Waals surface area contributed by atoms with Crippen LogP contribution in [0.4, 0.5) is 0 Å². The summed E-state index contributed by atoms with van der Waals surface area (Å²) in [5.41, 5.74) is 11.3. The van der Waals surface area contributed by atoms with Gasteiger partial charge in [0.05, 0.1) is 5.69 Å². The van der Waals surface area contributed by atoms with Crippen molar-refractivity contribution in [1.29, 1.82) is 0 Å². The first-order valence-electron chi connectivity index (χ1n) is 8.78. The van der Waals surface area contributed by atoms with Crippen molar-refractivity contribution in [1.82, 2.24) is 19.0 Å². The van der Waals surface area contributed by atoms with Gasteiger partial charge in [0.25, 0.3) is 0 Å². The normalized spacial score (nSPS) is 11.4. The summed E-state index contributed by atoms with van der Waals surface area (Å²) in [4.78, 5) is 4.59. The minimum Gasteiger partial charge on any atom is -0.351 e. The second kappa shape index (κ2) is 6.29. The topological polar surface area (TPSA) is 34.6 Å². The molecule has 3 heterocycles. The number of hydrogen-bond acceptors (Lipinski definition) is 2. The van der Waals surface area contributed by atoms with E-state index in [9.17, 15) is 0 Å². The molecular weight excluding hydrogens is 512 g/mol. The summed E-state index contributed by atoms with van der Waals surface area (Å²) in [7, 11) is 0. The van der Waals surface area contributed by atoms with Crippen LogP contribution in [0.2, 0.25) is 0 Å². The molecule has 0 saturated carbocycles. The van der Waals surface area contributed by atoms with Gasteiger partial charge in [-0.2, -0.15) is 23.3 Å². The number of benzene rings is 2. The van der Waals surface area contributed by atoms with Crippen molar-refractivity contribution in [2.75, 3.05) is 0 Å². The number of aryl methyl sites for hydroxylation is 4. The molecule has 0 fully saturated rings. The molecule has 0 bridgehead atoms. The Labute approximate surface area is 171 Å². The Hall–Kier alpha value is -2.49. The summed E-state index contributed by atoms with van der Waals surface area (Å²) in [5, 5.41) is 4.70. The second-order valence-corrected chi connectivity index (χ2v) is 7.07. The van der Waals surface area contributed by atoms with Gasteiger partial charge < -0.3 is 4.40 Å². The van der Waals surface area contributed by atoms with Gasteiger partial charge in [-0.3, -0.25) is 4.52 Å². The SMILES string of the molecule is Cc1cc(C)c(-c2cc[c-]c3c2n2ccnc2c2cc(C)nn32)c(C)c1.[Ir]. The number of imidazole rings is 1. The van der Waals surface area contributed by atoms with Crippen LogP contribution in [0.15, 0.2) is 42.7 Å². The van der Waals surface area contributed by atoms with Crippen molar-refractivity contribution in [3.63, 3.8) is 0 Å². The Bertz CT molecular complexity index is 1300. The van der Waals surface area contributed by atoms with Crippen LogP contribution in [0.5, 0.6) is 0 Å². The fourth-order valence-corrected chi connectivity index (χ4v) is 4.19. The van der Waals surface area contributed by atoms with Crippen molar-refractivity contribution >= 4 is 22.2 Å². The van der Waals surface area contributed by atoms with Gasteiger partial charge in [-0.05, 0) is 61.5 Å². The maximum Gasteiger partial charge on any atom is 0.152 e. The third-order valence-electron chi connectivity index (χ3n) is 5.05. The van der Waals surface area contributed by atoms with Gasteiger partial charge in [-0.25, -0.2) is 4.98 Å². The van der Waals surface area contributed by atoms with Crippen LogP contribution in [0.3, 0.4) is 0 Å². The molecule has 1 radical (unpaired) electrons. The van der Waals surface area contributed by atoms with Gasteiger partial charge >= 0.3 is 0 Å². The summed E-state index contributed by atoms with van der Waals surface area (Å²) >= 11 is 0. The van der Waals surface area contributed by atoms with Crippen LogP contribution in [0.25, 0.3) is 33.3 Å². The van der Waals surface area contributed by atoms with E-state index in [0.717, 1.165) is 27.9 Å². The Morgan fingerprint density at radius 1 is 1.00 bits per heavy atom. The number of fused-ring (bicyclic) bond motifs is 6. The van der Waals surface area contributed by atoms with Crippen molar-refractivity contribution in [2.45, 2.75) is 27.7 Å². The van der Waals surface area contributed by atoms with E-state index in [0.29, 0.717) is 0 Å². The van der Waals surface area contributed by atoms with E-state index in [-0.39, 0.29) is 20.1 Å². The number of aromatic nitrogens is 4. The summed E-state index contributed by atoms with van der Waals surface area (Å²) in [6, 6.07) is 14.1. The van der Waals surface area contributed by atoms with Gasteiger partial charge in [0.15, 0.2) is 5.65 Å². The molecule has 0 aliphatic rings. The molecule has 0 N–H and O–H groups in total. The second-order valence-electron chi connectivity index (χ2n) is 7.07. The van der Waals surface area contributed by atoms with Gasteiger partial charge in [0, 0.05) is 32.5 Å². The maximum absolute atomic E-state index is 4.70. The van der Waals surface area contributed by atoms with E-state index in [1.807, 2.05) is 29.9 Å². The molecule has 0 saturated heterocycles. The van der Waals surface area contributed by atoms with Crippen LogP contribution in [-0.4, -0.2) is 19.0 Å². The third kappa shape index (κ3) is 2.53. The van der Waals surface area contributed by atoms with Gasteiger partial charge in [0.2, 0.25) is 0 Å². The molecule has 0 unspecified atom stereocenters. The van der Waals surface area contributed by atoms with Crippen molar-refractivity contribution in [2.24, 2.45) is 0 Å². The molecule has 27 heavy (non-hydrogen) atoms. The van der Waals surface area contributed by atoms with E-state index in [4.69, 9.17) is 5.10 Å². The number of hydrogen-bond donors (Lipinski definition) is 0. The Morgan fingerprint density at radius 2 is 1.74 bits per heavy atom. The molecule has 4 nitrogen and oxygen atoms in total. The zero-order chi connectivity index (χ0) is 18.0. The van der Waals surface area contributed by atoms with E-state index < -0.39 is 0 Å². The van der Waals surface area contributed by atoms with Gasteiger partial charge in [0.1, 0.15) is 5.52 Å². The molecule has 0 aliphatic heterocycles. The van der Waals surface area contributed by atoms with E-state index in [1.165, 1.54) is 27.8 Å². The first-order valence-corrected chi connectivity index (χ1v) is 8.78.